The lowest BCUT2D eigenvalue weighted by molar-refractivity contribution is 0.828. The van der Waals surface area contributed by atoms with Crippen LogP contribution in [0.3, 0.4) is 0 Å². The van der Waals surface area contributed by atoms with Crippen LogP contribution >= 0.6 is 11.8 Å². The predicted molar refractivity (Wildman–Crippen MR) is 90.4 cm³/mol. The van der Waals surface area contributed by atoms with Gasteiger partial charge in [-0.1, -0.05) is 19.1 Å². The molecule has 3 aromatic rings. The van der Waals surface area contributed by atoms with E-state index in [1.54, 1.807) is 4.52 Å². The Bertz CT molecular complexity index is 766. The number of nitrogens with zero attached hydrogens (tertiary/aromatic N) is 4. The summed E-state index contributed by atoms with van der Waals surface area (Å²) in [5.41, 5.74) is 2.00. The monoisotopic (exact) mass is 313 g/mol. The van der Waals surface area contributed by atoms with Gasteiger partial charge in [0.1, 0.15) is 5.82 Å². The quantitative estimate of drug-likeness (QED) is 0.728. The number of hydrogen-bond donors (Lipinski definition) is 1. The molecular formula is C16H19N5S. The third-order valence-corrected chi connectivity index (χ3v) is 4.37. The van der Waals surface area contributed by atoms with Gasteiger partial charge in [0.2, 0.25) is 0 Å². The minimum Gasteiger partial charge on any atom is -0.362 e. The number of fused-ring (bicyclic) bond motifs is 1. The summed E-state index contributed by atoms with van der Waals surface area (Å²) in [5.74, 6) is 2.69. The molecular weight excluding hydrogens is 294 g/mol. The van der Waals surface area contributed by atoms with Crippen molar-refractivity contribution in [2.75, 3.05) is 11.1 Å². The van der Waals surface area contributed by atoms with Gasteiger partial charge >= 0.3 is 0 Å². The van der Waals surface area contributed by atoms with Crippen LogP contribution in [0.1, 0.15) is 31.3 Å². The molecule has 3 rings (SSSR count). The van der Waals surface area contributed by atoms with Crippen LogP contribution in [-0.2, 0) is 0 Å². The molecule has 1 aromatic carbocycles. The van der Waals surface area contributed by atoms with Gasteiger partial charge in [-0.25, -0.2) is 0 Å². The van der Waals surface area contributed by atoms with E-state index in [4.69, 9.17) is 0 Å². The van der Waals surface area contributed by atoms with Crippen molar-refractivity contribution in [1.29, 1.82) is 0 Å². The van der Waals surface area contributed by atoms with E-state index in [1.807, 2.05) is 30.8 Å². The van der Waals surface area contributed by atoms with E-state index in [9.17, 15) is 0 Å². The van der Waals surface area contributed by atoms with Crippen LogP contribution in [0.4, 0.5) is 5.82 Å². The molecule has 0 bridgehead atoms. The van der Waals surface area contributed by atoms with Gasteiger partial charge in [0.15, 0.2) is 11.5 Å². The van der Waals surface area contributed by atoms with Gasteiger partial charge in [-0.3, -0.25) is 0 Å². The molecule has 1 unspecified atom stereocenters. The first kappa shape index (κ1) is 14.8. The molecule has 0 fully saturated rings. The van der Waals surface area contributed by atoms with Gasteiger partial charge in [0.25, 0.3) is 0 Å². The highest BCUT2D eigenvalue weighted by Crippen LogP contribution is 2.22. The Hall–Kier alpha value is -2.08. The molecule has 1 atom stereocenters. The van der Waals surface area contributed by atoms with Crippen molar-refractivity contribution in [1.82, 2.24) is 19.8 Å². The van der Waals surface area contributed by atoms with Crippen molar-refractivity contribution in [2.45, 2.75) is 31.7 Å². The first-order chi connectivity index (χ1) is 10.7. The Morgan fingerprint density at radius 2 is 1.91 bits per heavy atom. The van der Waals surface area contributed by atoms with Crippen LogP contribution in [0.15, 0.2) is 41.3 Å². The smallest absolute Gasteiger partial charge is 0.178 e. The molecule has 0 saturated heterocycles. The van der Waals surface area contributed by atoms with E-state index < -0.39 is 0 Å². The standard InChI is InChI=1S/C16H19N5S/c1-4-22-14-7-5-13(6-8-14)11(2)17-15-9-10-16-19-18-12(3)21(16)20-15/h5-11H,4H2,1-3H3,(H,17,20). The maximum atomic E-state index is 4.52. The first-order valence-corrected chi connectivity index (χ1v) is 8.34. The average Bonchev–Trinajstić information content (AvgIpc) is 2.89. The number of thioether (sulfide) groups is 1. The number of hydrogen-bond acceptors (Lipinski definition) is 5. The highest BCUT2D eigenvalue weighted by molar-refractivity contribution is 7.99. The van der Waals surface area contributed by atoms with Gasteiger partial charge in [-0.05, 0) is 49.4 Å². The van der Waals surface area contributed by atoms with Gasteiger partial charge in [0.05, 0.1) is 0 Å². The SMILES string of the molecule is CCSc1ccc(C(C)Nc2ccc3nnc(C)n3n2)cc1. The van der Waals surface area contributed by atoms with Crippen LogP contribution in [0.5, 0.6) is 0 Å². The average molecular weight is 313 g/mol. The lowest BCUT2D eigenvalue weighted by atomic mass is 10.1. The van der Waals surface area contributed by atoms with E-state index in [0.29, 0.717) is 0 Å². The van der Waals surface area contributed by atoms with Crippen LogP contribution in [0.25, 0.3) is 5.65 Å². The molecule has 6 heteroatoms. The third kappa shape index (κ3) is 3.06. The highest BCUT2D eigenvalue weighted by atomic mass is 32.2. The molecule has 0 saturated carbocycles. The number of nitrogens with one attached hydrogen (secondary N) is 1. The summed E-state index contributed by atoms with van der Waals surface area (Å²) in [6, 6.07) is 12.7. The number of anilines is 1. The van der Waals surface area contributed by atoms with Crippen molar-refractivity contribution in [3.63, 3.8) is 0 Å². The second-order valence-electron chi connectivity index (χ2n) is 5.10. The molecule has 2 heterocycles. The number of aryl methyl sites for hydroxylation is 1. The fourth-order valence-electron chi connectivity index (χ4n) is 2.30. The van der Waals surface area contributed by atoms with Crippen LogP contribution in [0, 0.1) is 6.92 Å². The normalized spacial score (nSPS) is 12.5. The van der Waals surface area contributed by atoms with Crippen molar-refractivity contribution < 1.29 is 0 Å². The summed E-state index contributed by atoms with van der Waals surface area (Å²) in [6.07, 6.45) is 0. The molecule has 0 spiro atoms. The molecule has 0 aliphatic heterocycles. The Morgan fingerprint density at radius 1 is 1.14 bits per heavy atom. The van der Waals surface area contributed by atoms with Gasteiger partial charge in [0, 0.05) is 10.9 Å². The van der Waals surface area contributed by atoms with E-state index >= 15 is 0 Å². The molecule has 0 aliphatic carbocycles. The molecule has 1 N–H and O–H groups in total. The van der Waals surface area contributed by atoms with E-state index in [2.05, 4.69) is 58.7 Å². The van der Waals surface area contributed by atoms with Gasteiger partial charge in [-0.2, -0.15) is 4.52 Å². The summed E-state index contributed by atoms with van der Waals surface area (Å²) < 4.78 is 1.75. The molecule has 114 valence electrons. The second-order valence-corrected chi connectivity index (χ2v) is 6.44. The summed E-state index contributed by atoms with van der Waals surface area (Å²) in [5, 5.41) is 16.0. The van der Waals surface area contributed by atoms with E-state index in [-0.39, 0.29) is 6.04 Å². The molecule has 0 aliphatic rings. The number of benzene rings is 1. The Morgan fingerprint density at radius 3 is 2.64 bits per heavy atom. The van der Waals surface area contributed by atoms with Crippen molar-refractivity contribution >= 4 is 23.2 Å². The molecule has 0 radical (unpaired) electrons. The zero-order chi connectivity index (χ0) is 15.5. The van der Waals surface area contributed by atoms with Gasteiger partial charge in [-0.15, -0.1) is 27.1 Å². The van der Waals surface area contributed by atoms with E-state index in [1.165, 1.54) is 10.5 Å². The number of rotatable bonds is 5. The van der Waals surface area contributed by atoms with Crippen LogP contribution in [0.2, 0.25) is 0 Å². The topological polar surface area (TPSA) is 55.1 Å². The minimum atomic E-state index is 0.183. The summed E-state index contributed by atoms with van der Waals surface area (Å²) >= 11 is 1.85. The molecule has 2 aromatic heterocycles. The summed E-state index contributed by atoms with van der Waals surface area (Å²) in [4.78, 5) is 1.30. The predicted octanol–water partition coefficient (Wildman–Crippen LogP) is 3.72. The van der Waals surface area contributed by atoms with Crippen molar-refractivity contribution in [2.24, 2.45) is 0 Å². The lowest BCUT2D eigenvalue weighted by Crippen LogP contribution is -2.09. The summed E-state index contributed by atoms with van der Waals surface area (Å²) in [7, 11) is 0. The zero-order valence-corrected chi connectivity index (χ0v) is 13.8. The fraction of sp³-hybridized carbons (Fsp3) is 0.312. The molecule has 0 amide bonds. The summed E-state index contributed by atoms with van der Waals surface area (Å²) in [6.45, 7) is 6.19. The third-order valence-electron chi connectivity index (χ3n) is 3.47. The van der Waals surface area contributed by atoms with Crippen LogP contribution in [-0.4, -0.2) is 25.6 Å². The maximum Gasteiger partial charge on any atom is 0.178 e. The Kier molecular flexibility index (Phi) is 4.29. The second kappa shape index (κ2) is 6.36. The van der Waals surface area contributed by atoms with Gasteiger partial charge < -0.3 is 5.32 Å². The highest BCUT2D eigenvalue weighted by Gasteiger charge is 2.08. The van der Waals surface area contributed by atoms with Crippen molar-refractivity contribution in [3.05, 3.63) is 47.8 Å². The largest absolute Gasteiger partial charge is 0.362 e. The lowest BCUT2D eigenvalue weighted by Gasteiger charge is -2.15. The van der Waals surface area contributed by atoms with E-state index in [0.717, 1.165) is 23.0 Å². The maximum absolute atomic E-state index is 4.52. The van der Waals surface area contributed by atoms with Crippen LogP contribution < -0.4 is 5.32 Å². The minimum absolute atomic E-state index is 0.183. The molecule has 5 nitrogen and oxygen atoms in total. The fourth-order valence-corrected chi connectivity index (χ4v) is 2.96. The zero-order valence-electron chi connectivity index (χ0n) is 12.9. The molecule has 22 heavy (non-hydrogen) atoms. The number of aromatic nitrogens is 4. The first-order valence-electron chi connectivity index (χ1n) is 7.35. The Balaban J connectivity index is 1.76. The van der Waals surface area contributed by atoms with Crippen molar-refractivity contribution in [3.8, 4) is 0 Å². The Labute approximate surface area is 134 Å².